The molecular weight excluding hydrogens is 440 g/mol. The first-order chi connectivity index (χ1) is 15.5. The van der Waals surface area contributed by atoms with Crippen LogP contribution in [0.1, 0.15) is 43.2 Å². The third-order valence-corrected chi connectivity index (χ3v) is 6.94. The highest BCUT2D eigenvalue weighted by molar-refractivity contribution is 8.26. The third-order valence-electron chi connectivity index (χ3n) is 5.61. The van der Waals surface area contributed by atoms with E-state index in [0.29, 0.717) is 15.0 Å². The zero-order valence-corrected chi connectivity index (χ0v) is 19.6. The first kappa shape index (κ1) is 22.6. The SMILES string of the molecule is Cc1cccc(NC(=O)COc2ccc(/C=C3\SC(=S)N(C4CCCCC4)C3=O)cc2)c1. The molecule has 0 radical (unpaired) electrons. The lowest BCUT2D eigenvalue weighted by atomic mass is 9.94. The molecule has 1 saturated heterocycles. The van der Waals surface area contributed by atoms with Crippen molar-refractivity contribution in [3.05, 3.63) is 64.6 Å². The number of aryl methyl sites for hydroxylation is 1. The minimum atomic E-state index is -0.217. The number of hydrogen-bond donors (Lipinski definition) is 1. The van der Waals surface area contributed by atoms with E-state index < -0.39 is 0 Å². The van der Waals surface area contributed by atoms with Crippen LogP contribution in [0.5, 0.6) is 5.75 Å². The van der Waals surface area contributed by atoms with Crippen molar-refractivity contribution in [2.24, 2.45) is 0 Å². The smallest absolute Gasteiger partial charge is 0.266 e. The Morgan fingerprint density at radius 3 is 2.66 bits per heavy atom. The standard InChI is InChI=1S/C25H26N2O3S2/c1-17-6-5-7-19(14-17)26-23(28)16-30-21-12-10-18(11-13-21)15-22-24(29)27(25(31)32-22)20-8-3-2-4-9-20/h5-7,10-15,20H,2-4,8-9,16H2,1H3,(H,26,28)/b22-15-. The zero-order valence-electron chi connectivity index (χ0n) is 18.0. The van der Waals surface area contributed by atoms with Gasteiger partial charge in [-0.15, -0.1) is 0 Å². The molecule has 2 fully saturated rings. The first-order valence-corrected chi connectivity index (χ1v) is 12.1. The molecule has 0 bridgehead atoms. The van der Waals surface area contributed by atoms with E-state index in [1.54, 1.807) is 12.1 Å². The van der Waals surface area contributed by atoms with Crippen molar-refractivity contribution >= 4 is 51.9 Å². The maximum atomic E-state index is 12.9. The molecule has 2 aromatic carbocycles. The van der Waals surface area contributed by atoms with Crippen LogP contribution in [0.15, 0.2) is 53.4 Å². The molecule has 2 amide bonds. The fourth-order valence-electron chi connectivity index (χ4n) is 4.01. The monoisotopic (exact) mass is 466 g/mol. The van der Waals surface area contributed by atoms with Crippen molar-refractivity contribution in [1.29, 1.82) is 0 Å². The molecule has 1 aliphatic heterocycles. The van der Waals surface area contributed by atoms with Crippen molar-refractivity contribution < 1.29 is 14.3 Å². The van der Waals surface area contributed by atoms with Crippen LogP contribution < -0.4 is 10.1 Å². The zero-order chi connectivity index (χ0) is 22.5. The average Bonchev–Trinajstić information content (AvgIpc) is 3.06. The summed E-state index contributed by atoms with van der Waals surface area (Å²) in [5.41, 5.74) is 2.72. The van der Waals surface area contributed by atoms with Crippen LogP contribution in [0.4, 0.5) is 5.69 Å². The van der Waals surface area contributed by atoms with Crippen molar-refractivity contribution in [2.75, 3.05) is 11.9 Å². The highest BCUT2D eigenvalue weighted by Gasteiger charge is 2.37. The Kier molecular flexibility index (Phi) is 7.27. The van der Waals surface area contributed by atoms with Gasteiger partial charge in [0.2, 0.25) is 0 Å². The van der Waals surface area contributed by atoms with Crippen LogP contribution in [0, 0.1) is 6.92 Å². The van der Waals surface area contributed by atoms with Crippen molar-refractivity contribution in [3.8, 4) is 5.75 Å². The Morgan fingerprint density at radius 2 is 1.94 bits per heavy atom. The van der Waals surface area contributed by atoms with E-state index in [-0.39, 0.29) is 24.5 Å². The molecule has 0 spiro atoms. The van der Waals surface area contributed by atoms with Crippen LogP contribution in [0.2, 0.25) is 0 Å². The number of thioether (sulfide) groups is 1. The molecule has 32 heavy (non-hydrogen) atoms. The average molecular weight is 467 g/mol. The van der Waals surface area contributed by atoms with Gasteiger partial charge < -0.3 is 10.1 Å². The van der Waals surface area contributed by atoms with Gasteiger partial charge in [-0.2, -0.15) is 0 Å². The molecule has 166 valence electrons. The fourth-order valence-corrected chi connectivity index (χ4v) is 5.41. The second-order valence-corrected chi connectivity index (χ2v) is 9.79. The van der Waals surface area contributed by atoms with E-state index >= 15 is 0 Å². The number of nitrogens with zero attached hydrogens (tertiary/aromatic N) is 1. The first-order valence-electron chi connectivity index (χ1n) is 10.9. The summed E-state index contributed by atoms with van der Waals surface area (Å²) in [5.74, 6) is 0.391. The van der Waals surface area contributed by atoms with Crippen LogP contribution in [-0.2, 0) is 9.59 Å². The fraction of sp³-hybridized carbons (Fsp3) is 0.320. The molecule has 1 aliphatic carbocycles. The Bertz CT molecular complexity index is 1040. The van der Waals surface area contributed by atoms with E-state index in [4.69, 9.17) is 17.0 Å². The van der Waals surface area contributed by atoms with E-state index in [9.17, 15) is 9.59 Å². The van der Waals surface area contributed by atoms with Gasteiger partial charge in [-0.1, -0.05) is 67.5 Å². The van der Waals surface area contributed by atoms with Crippen LogP contribution in [0.3, 0.4) is 0 Å². The van der Waals surface area contributed by atoms with Crippen LogP contribution in [-0.4, -0.2) is 33.7 Å². The number of hydrogen-bond acceptors (Lipinski definition) is 5. The molecule has 1 saturated carbocycles. The number of thiocarbonyl (C=S) groups is 1. The van der Waals surface area contributed by atoms with Gasteiger partial charge in [-0.25, -0.2) is 0 Å². The Balaban J connectivity index is 1.33. The second-order valence-electron chi connectivity index (χ2n) is 8.12. The lowest BCUT2D eigenvalue weighted by Gasteiger charge is -2.29. The Labute approximate surface area is 198 Å². The summed E-state index contributed by atoms with van der Waals surface area (Å²) in [6.07, 6.45) is 7.49. The maximum Gasteiger partial charge on any atom is 0.266 e. The van der Waals surface area contributed by atoms with Crippen LogP contribution in [0.25, 0.3) is 6.08 Å². The van der Waals surface area contributed by atoms with Gasteiger partial charge in [0.05, 0.1) is 4.91 Å². The van der Waals surface area contributed by atoms with Gasteiger partial charge in [0, 0.05) is 11.7 Å². The summed E-state index contributed by atoms with van der Waals surface area (Å²) in [6, 6.07) is 15.2. The lowest BCUT2D eigenvalue weighted by molar-refractivity contribution is -0.124. The maximum absolute atomic E-state index is 12.9. The number of benzene rings is 2. The molecular formula is C25H26N2O3S2. The van der Waals surface area contributed by atoms with Gasteiger partial charge in [0.25, 0.3) is 11.8 Å². The highest BCUT2D eigenvalue weighted by Crippen LogP contribution is 2.37. The molecule has 0 atom stereocenters. The third kappa shape index (κ3) is 5.58. The lowest BCUT2D eigenvalue weighted by Crippen LogP contribution is -2.39. The number of carbonyl (C=O) groups excluding carboxylic acids is 2. The van der Waals surface area contributed by atoms with Gasteiger partial charge in [-0.3, -0.25) is 14.5 Å². The molecule has 5 nitrogen and oxygen atoms in total. The highest BCUT2D eigenvalue weighted by atomic mass is 32.2. The van der Waals surface area contributed by atoms with Gasteiger partial charge in [0.15, 0.2) is 6.61 Å². The summed E-state index contributed by atoms with van der Waals surface area (Å²) in [7, 11) is 0. The normalized spacial score (nSPS) is 18.3. The van der Waals surface area contributed by atoms with E-state index in [0.717, 1.165) is 42.5 Å². The largest absolute Gasteiger partial charge is 0.484 e. The minimum absolute atomic E-state index is 0.0139. The van der Waals surface area contributed by atoms with Gasteiger partial charge in [-0.05, 0) is 61.2 Å². The van der Waals surface area contributed by atoms with E-state index in [2.05, 4.69) is 5.32 Å². The number of anilines is 1. The van der Waals surface area contributed by atoms with Gasteiger partial charge in [0.1, 0.15) is 10.1 Å². The summed E-state index contributed by atoms with van der Waals surface area (Å²) < 4.78 is 6.26. The van der Waals surface area contributed by atoms with E-state index in [1.807, 2.05) is 54.3 Å². The molecule has 4 rings (SSSR count). The molecule has 2 aliphatic rings. The molecule has 7 heteroatoms. The second kappa shape index (κ2) is 10.3. The Hall–Kier alpha value is -2.64. The molecule has 1 N–H and O–H groups in total. The summed E-state index contributed by atoms with van der Waals surface area (Å²) >= 11 is 6.87. The minimum Gasteiger partial charge on any atom is -0.484 e. The predicted molar refractivity (Wildman–Crippen MR) is 134 cm³/mol. The van der Waals surface area contributed by atoms with Crippen molar-refractivity contribution in [1.82, 2.24) is 4.90 Å². The van der Waals surface area contributed by atoms with Gasteiger partial charge >= 0.3 is 0 Å². The van der Waals surface area contributed by atoms with Crippen molar-refractivity contribution in [2.45, 2.75) is 45.1 Å². The number of carbonyl (C=O) groups is 2. The number of amides is 2. The van der Waals surface area contributed by atoms with E-state index in [1.165, 1.54) is 18.2 Å². The molecule has 0 aromatic heterocycles. The summed E-state index contributed by atoms with van der Waals surface area (Å²) in [6.45, 7) is 1.90. The van der Waals surface area contributed by atoms with Crippen molar-refractivity contribution in [3.63, 3.8) is 0 Å². The number of rotatable bonds is 6. The molecule has 1 heterocycles. The summed E-state index contributed by atoms with van der Waals surface area (Å²) in [4.78, 5) is 27.5. The predicted octanol–water partition coefficient (Wildman–Crippen LogP) is 5.55. The topological polar surface area (TPSA) is 58.6 Å². The molecule has 0 unspecified atom stereocenters. The quantitative estimate of drug-likeness (QED) is 0.447. The van der Waals surface area contributed by atoms with Crippen LogP contribution >= 0.6 is 24.0 Å². The Morgan fingerprint density at radius 1 is 1.19 bits per heavy atom. The number of ether oxygens (including phenoxy) is 1. The summed E-state index contributed by atoms with van der Waals surface area (Å²) in [5, 5.41) is 2.82. The number of nitrogens with one attached hydrogen (secondary N) is 1. The molecule has 2 aromatic rings.